The molecule has 0 atom stereocenters. The van der Waals surface area contributed by atoms with Crippen LogP contribution in [0.5, 0.6) is 0 Å². The van der Waals surface area contributed by atoms with Gasteiger partial charge >= 0.3 is 5.97 Å². The highest BCUT2D eigenvalue weighted by atomic mass is 32.2. The van der Waals surface area contributed by atoms with Gasteiger partial charge in [0.05, 0.1) is 23.7 Å². The first kappa shape index (κ1) is 20.1. The van der Waals surface area contributed by atoms with Gasteiger partial charge in [-0.25, -0.2) is 17.6 Å². The van der Waals surface area contributed by atoms with Crippen LogP contribution in [0.3, 0.4) is 0 Å². The number of esters is 1. The molecule has 1 aliphatic rings. The van der Waals surface area contributed by atoms with Crippen molar-refractivity contribution in [1.29, 1.82) is 0 Å². The van der Waals surface area contributed by atoms with E-state index in [0.717, 1.165) is 12.1 Å². The summed E-state index contributed by atoms with van der Waals surface area (Å²) in [7, 11) is -3.64. The van der Waals surface area contributed by atoms with E-state index >= 15 is 0 Å². The van der Waals surface area contributed by atoms with Gasteiger partial charge in [-0.3, -0.25) is 4.79 Å². The van der Waals surface area contributed by atoms with Crippen molar-refractivity contribution < 1.29 is 31.9 Å². The first-order valence-corrected chi connectivity index (χ1v) is 9.96. The van der Waals surface area contributed by atoms with Crippen LogP contribution >= 0.6 is 0 Å². The van der Waals surface area contributed by atoms with E-state index in [-0.39, 0.29) is 29.1 Å². The molecule has 3 rings (SSSR count). The van der Waals surface area contributed by atoms with Gasteiger partial charge in [-0.2, -0.15) is 4.31 Å². The summed E-state index contributed by atoms with van der Waals surface area (Å²) >= 11 is 0. The number of hydrogen-bond acceptors (Lipinski definition) is 6. The van der Waals surface area contributed by atoms with Crippen molar-refractivity contribution in [3.05, 3.63) is 65.5 Å². The molecule has 1 aliphatic heterocycles. The molecule has 0 aromatic heterocycles. The predicted molar refractivity (Wildman–Crippen MR) is 97.0 cm³/mol. The van der Waals surface area contributed by atoms with Crippen molar-refractivity contribution >= 4 is 21.8 Å². The molecule has 28 heavy (non-hydrogen) atoms. The molecule has 1 heterocycles. The molecule has 0 amide bonds. The average molecular weight is 407 g/mol. The molecular formula is C19H18FNO6S. The second-order valence-corrected chi connectivity index (χ2v) is 7.98. The third kappa shape index (κ3) is 4.61. The van der Waals surface area contributed by atoms with Crippen LogP contribution in [0, 0.1) is 5.82 Å². The van der Waals surface area contributed by atoms with Gasteiger partial charge in [-0.1, -0.05) is 0 Å². The fraction of sp³-hybridized carbons (Fsp3) is 0.263. The Morgan fingerprint density at radius 2 is 1.54 bits per heavy atom. The Hall–Kier alpha value is -2.62. The van der Waals surface area contributed by atoms with Gasteiger partial charge in [0.15, 0.2) is 12.4 Å². The second kappa shape index (κ2) is 8.59. The van der Waals surface area contributed by atoms with E-state index in [1.807, 2.05) is 0 Å². The Morgan fingerprint density at radius 3 is 2.14 bits per heavy atom. The third-order valence-corrected chi connectivity index (χ3v) is 6.11. The molecular weight excluding hydrogens is 389 g/mol. The van der Waals surface area contributed by atoms with Gasteiger partial charge in [0.25, 0.3) is 0 Å². The lowest BCUT2D eigenvalue weighted by atomic mass is 10.1. The van der Waals surface area contributed by atoms with Crippen LogP contribution in [0.15, 0.2) is 53.4 Å². The molecule has 7 nitrogen and oxygen atoms in total. The van der Waals surface area contributed by atoms with Crippen molar-refractivity contribution in [3.63, 3.8) is 0 Å². The Morgan fingerprint density at radius 1 is 0.964 bits per heavy atom. The predicted octanol–water partition coefficient (Wildman–Crippen LogP) is 1.89. The SMILES string of the molecule is O=C(COC(=O)c1ccc(F)cc1)c1ccc(S(=O)(=O)N2CCOCC2)cc1. The molecule has 0 spiro atoms. The summed E-state index contributed by atoms with van der Waals surface area (Å²) in [5, 5.41) is 0. The molecule has 9 heteroatoms. The summed E-state index contributed by atoms with van der Waals surface area (Å²) in [5.74, 6) is -1.72. The molecule has 2 aromatic carbocycles. The highest BCUT2D eigenvalue weighted by molar-refractivity contribution is 7.89. The van der Waals surface area contributed by atoms with Crippen LogP contribution in [0.2, 0.25) is 0 Å². The molecule has 148 valence electrons. The number of Topliss-reactive ketones (excluding diaryl/α,β-unsaturated/α-hetero) is 1. The minimum Gasteiger partial charge on any atom is -0.454 e. The summed E-state index contributed by atoms with van der Waals surface area (Å²) in [6.45, 7) is 0.737. The Labute approximate surface area is 161 Å². The lowest BCUT2D eigenvalue weighted by Crippen LogP contribution is -2.40. The number of hydrogen-bond donors (Lipinski definition) is 0. The summed E-state index contributed by atoms with van der Waals surface area (Å²) < 4.78 is 49.4. The van der Waals surface area contributed by atoms with E-state index in [0.29, 0.717) is 13.2 Å². The van der Waals surface area contributed by atoms with E-state index < -0.39 is 34.2 Å². The number of halogens is 1. The zero-order valence-corrected chi connectivity index (χ0v) is 15.7. The average Bonchev–Trinajstić information content (AvgIpc) is 2.73. The van der Waals surface area contributed by atoms with Crippen molar-refractivity contribution in [2.45, 2.75) is 4.90 Å². The highest BCUT2D eigenvalue weighted by Gasteiger charge is 2.26. The molecule has 0 aliphatic carbocycles. The number of benzene rings is 2. The van der Waals surface area contributed by atoms with E-state index in [4.69, 9.17) is 9.47 Å². The van der Waals surface area contributed by atoms with Gasteiger partial charge < -0.3 is 9.47 Å². The van der Waals surface area contributed by atoms with Gasteiger partial charge in [0.1, 0.15) is 5.82 Å². The van der Waals surface area contributed by atoms with Crippen LogP contribution in [0.1, 0.15) is 20.7 Å². The molecule has 2 aromatic rings. The molecule has 0 saturated carbocycles. The maximum atomic E-state index is 12.9. The van der Waals surface area contributed by atoms with Gasteiger partial charge in [0, 0.05) is 18.7 Å². The molecule has 0 N–H and O–H groups in total. The van der Waals surface area contributed by atoms with E-state index in [2.05, 4.69) is 0 Å². The van der Waals surface area contributed by atoms with Crippen LogP contribution < -0.4 is 0 Å². The topological polar surface area (TPSA) is 90.0 Å². The highest BCUT2D eigenvalue weighted by Crippen LogP contribution is 2.18. The molecule has 1 saturated heterocycles. The van der Waals surface area contributed by atoms with Crippen molar-refractivity contribution in [2.24, 2.45) is 0 Å². The maximum absolute atomic E-state index is 12.9. The van der Waals surface area contributed by atoms with Crippen molar-refractivity contribution in [3.8, 4) is 0 Å². The first-order chi connectivity index (χ1) is 13.4. The number of morpholine rings is 1. The molecule has 0 bridgehead atoms. The van der Waals surface area contributed by atoms with E-state index in [1.165, 1.54) is 40.7 Å². The molecule has 0 radical (unpaired) electrons. The van der Waals surface area contributed by atoms with E-state index in [1.54, 1.807) is 0 Å². The number of ketones is 1. The standard InChI is InChI=1S/C19H18FNO6S/c20-16-5-1-15(2-6-16)19(23)27-13-18(22)14-3-7-17(8-4-14)28(24,25)21-9-11-26-12-10-21/h1-8H,9-13H2. The molecule has 0 unspecified atom stereocenters. The first-order valence-electron chi connectivity index (χ1n) is 8.52. The quantitative estimate of drug-likeness (QED) is 0.537. The number of carbonyl (C=O) groups is 2. The minimum absolute atomic E-state index is 0.0780. The summed E-state index contributed by atoms with van der Waals surface area (Å²) in [6.07, 6.45) is 0. The zero-order chi connectivity index (χ0) is 20.1. The molecule has 1 fully saturated rings. The Bertz CT molecular complexity index is 951. The lowest BCUT2D eigenvalue weighted by molar-refractivity contribution is 0.0474. The number of rotatable bonds is 6. The third-order valence-electron chi connectivity index (χ3n) is 4.20. The smallest absolute Gasteiger partial charge is 0.338 e. The van der Waals surface area contributed by atoms with Gasteiger partial charge in [0.2, 0.25) is 10.0 Å². The Balaban J connectivity index is 1.62. The van der Waals surface area contributed by atoms with Crippen molar-refractivity contribution in [1.82, 2.24) is 4.31 Å². The largest absolute Gasteiger partial charge is 0.454 e. The number of sulfonamides is 1. The van der Waals surface area contributed by atoms with Gasteiger partial charge in [-0.15, -0.1) is 0 Å². The Kier molecular flexibility index (Phi) is 6.18. The fourth-order valence-corrected chi connectivity index (χ4v) is 4.04. The number of carbonyl (C=O) groups excluding carboxylic acids is 2. The minimum atomic E-state index is -3.64. The van der Waals surface area contributed by atoms with Crippen LogP contribution in [-0.4, -0.2) is 57.4 Å². The van der Waals surface area contributed by atoms with Gasteiger partial charge in [-0.05, 0) is 48.5 Å². The zero-order valence-electron chi connectivity index (χ0n) is 14.8. The fourth-order valence-electron chi connectivity index (χ4n) is 2.63. The number of ether oxygens (including phenoxy) is 2. The summed E-state index contributed by atoms with van der Waals surface area (Å²) in [6, 6.07) is 10.2. The monoisotopic (exact) mass is 407 g/mol. The normalized spacial score (nSPS) is 15.2. The maximum Gasteiger partial charge on any atom is 0.338 e. The lowest BCUT2D eigenvalue weighted by Gasteiger charge is -2.26. The van der Waals surface area contributed by atoms with Crippen LogP contribution in [-0.2, 0) is 19.5 Å². The van der Waals surface area contributed by atoms with Crippen LogP contribution in [0.4, 0.5) is 4.39 Å². The summed E-state index contributed by atoms with van der Waals surface area (Å²) in [5.41, 5.74) is 0.342. The van der Waals surface area contributed by atoms with Crippen LogP contribution in [0.25, 0.3) is 0 Å². The van der Waals surface area contributed by atoms with Crippen molar-refractivity contribution in [2.75, 3.05) is 32.9 Å². The number of nitrogens with zero attached hydrogens (tertiary/aromatic N) is 1. The van der Waals surface area contributed by atoms with E-state index in [9.17, 15) is 22.4 Å². The second-order valence-electron chi connectivity index (χ2n) is 6.05. The summed E-state index contributed by atoms with van der Waals surface area (Å²) in [4.78, 5) is 24.1.